The fourth-order valence-electron chi connectivity index (χ4n) is 1.35. The number of hydrogen-bond acceptors (Lipinski definition) is 2. The van der Waals surface area contributed by atoms with Gasteiger partial charge in [0.2, 0.25) is 0 Å². The summed E-state index contributed by atoms with van der Waals surface area (Å²) >= 11 is 0. The Morgan fingerprint density at radius 1 is 1.38 bits per heavy atom. The van der Waals surface area contributed by atoms with Gasteiger partial charge in [0, 0.05) is 31.0 Å². The summed E-state index contributed by atoms with van der Waals surface area (Å²) in [5.74, 6) is 0. The molecule has 16 heavy (non-hydrogen) atoms. The molecule has 2 unspecified atom stereocenters. The lowest BCUT2D eigenvalue weighted by atomic mass is 10.3. The molecule has 5 heteroatoms. The second-order valence-electron chi connectivity index (χ2n) is 4.09. The zero-order valence-corrected chi connectivity index (χ0v) is 10.1. The monoisotopic (exact) mass is 224 g/mol. The summed E-state index contributed by atoms with van der Waals surface area (Å²) in [7, 11) is 0. The molecule has 1 rings (SSSR count). The van der Waals surface area contributed by atoms with Gasteiger partial charge >= 0.3 is 6.03 Å². The van der Waals surface area contributed by atoms with Crippen LogP contribution in [-0.2, 0) is 6.54 Å². The van der Waals surface area contributed by atoms with Crippen molar-refractivity contribution in [3.8, 4) is 0 Å². The molecule has 0 spiro atoms. The van der Waals surface area contributed by atoms with Crippen molar-refractivity contribution in [1.29, 1.82) is 0 Å². The normalized spacial score (nSPS) is 14.2. The van der Waals surface area contributed by atoms with Crippen LogP contribution in [0.2, 0.25) is 0 Å². The van der Waals surface area contributed by atoms with Crippen molar-refractivity contribution in [2.75, 3.05) is 0 Å². The van der Waals surface area contributed by atoms with E-state index in [1.165, 1.54) is 0 Å². The van der Waals surface area contributed by atoms with Crippen molar-refractivity contribution < 1.29 is 4.79 Å². The van der Waals surface area contributed by atoms with Crippen LogP contribution in [0, 0.1) is 0 Å². The van der Waals surface area contributed by atoms with Gasteiger partial charge < -0.3 is 15.2 Å². The minimum atomic E-state index is -0.109. The van der Waals surface area contributed by atoms with Crippen molar-refractivity contribution >= 4 is 6.03 Å². The summed E-state index contributed by atoms with van der Waals surface area (Å²) in [5, 5.41) is 5.75. The van der Waals surface area contributed by atoms with Crippen LogP contribution in [-0.4, -0.2) is 27.7 Å². The number of carbonyl (C=O) groups excluding carboxylic acids is 1. The number of rotatable bonds is 5. The first kappa shape index (κ1) is 12.5. The minimum Gasteiger partial charge on any atom is -0.336 e. The van der Waals surface area contributed by atoms with Crippen molar-refractivity contribution in [1.82, 2.24) is 20.2 Å². The van der Waals surface area contributed by atoms with Gasteiger partial charge in [-0.1, -0.05) is 6.92 Å². The van der Waals surface area contributed by atoms with Gasteiger partial charge in [-0.15, -0.1) is 0 Å². The second-order valence-corrected chi connectivity index (χ2v) is 4.09. The average Bonchev–Trinajstić information content (AvgIpc) is 2.69. The predicted molar refractivity (Wildman–Crippen MR) is 63.1 cm³/mol. The first-order chi connectivity index (χ1) is 7.61. The lowest BCUT2D eigenvalue weighted by Gasteiger charge is -2.17. The average molecular weight is 224 g/mol. The molecule has 0 aliphatic heterocycles. The van der Waals surface area contributed by atoms with E-state index >= 15 is 0 Å². The zero-order chi connectivity index (χ0) is 12.0. The Hall–Kier alpha value is -1.52. The van der Waals surface area contributed by atoms with Crippen LogP contribution < -0.4 is 10.6 Å². The number of urea groups is 1. The van der Waals surface area contributed by atoms with Crippen LogP contribution >= 0.6 is 0 Å². The van der Waals surface area contributed by atoms with Crippen molar-refractivity contribution in [3.63, 3.8) is 0 Å². The Bertz CT molecular complexity index is 310. The summed E-state index contributed by atoms with van der Waals surface area (Å²) < 4.78 is 1.94. The maximum Gasteiger partial charge on any atom is 0.315 e. The Morgan fingerprint density at radius 2 is 2.06 bits per heavy atom. The van der Waals surface area contributed by atoms with Crippen LogP contribution in [0.5, 0.6) is 0 Å². The van der Waals surface area contributed by atoms with Gasteiger partial charge in [0.05, 0.1) is 6.33 Å². The number of amides is 2. The number of nitrogens with one attached hydrogen (secondary N) is 2. The Labute approximate surface area is 96.3 Å². The molecular formula is C11H20N4O. The van der Waals surface area contributed by atoms with Crippen LogP contribution in [0.4, 0.5) is 4.79 Å². The van der Waals surface area contributed by atoms with Gasteiger partial charge in [-0.3, -0.25) is 0 Å². The molecule has 5 nitrogen and oxygen atoms in total. The number of nitrogens with zero attached hydrogens (tertiary/aromatic N) is 2. The Kier molecular flexibility index (Phi) is 4.82. The lowest BCUT2D eigenvalue weighted by Crippen LogP contribution is -2.45. The summed E-state index contributed by atoms with van der Waals surface area (Å²) in [6, 6.07) is 0.181. The van der Waals surface area contributed by atoms with Gasteiger partial charge in [0.1, 0.15) is 0 Å². The number of aromatic nitrogens is 2. The smallest absolute Gasteiger partial charge is 0.315 e. The molecule has 2 N–H and O–H groups in total. The molecule has 2 atom stereocenters. The highest BCUT2D eigenvalue weighted by atomic mass is 16.2. The van der Waals surface area contributed by atoms with E-state index in [0.717, 1.165) is 13.0 Å². The fraction of sp³-hybridized carbons (Fsp3) is 0.636. The maximum absolute atomic E-state index is 11.5. The van der Waals surface area contributed by atoms with Crippen molar-refractivity contribution in [2.24, 2.45) is 0 Å². The van der Waals surface area contributed by atoms with E-state index in [4.69, 9.17) is 0 Å². The van der Waals surface area contributed by atoms with E-state index in [1.54, 1.807) is 12.5 Å². The van der Waals surface area contributed by atoms with Gasteiger partial charge in [-0.05, 0) is 20.3 Å². The van der Waals surface area contributed by atoms with E-state index in [0.29, 0.717) is 0 Å². The van der Waals surface area contributed by atoms with Crippen LogP contribution in [0.1, 0.15) is 27.2 Å². The molecule has 0 radical (unpaired) electrons. The van der Waals surface area contributed by atoms with Crippen LogP contribution in [0.25, 0.3) is 0 Å². The SMILES string of the molecule is CCC(C)NC(=O)NC(C)Cn1ccnc1. The van der Waals surface area contributed by atoms with E-state index < -0.39 is 0 Å². The molecule has 0 fully saturated rings. The molecule has 0 saturated heterocycles. The highest BCUT2D eigenvalue weighted by Gasteiger charge is 2.09. The number of imidazole rings is 1. The first-order valence-corrected chi connectivity index (χ1v) is 5.64. The topological polar surface area (TPSA) is 59.0 Å². The quantitative estimate of drug-likeness (QED) is 0.793. The molecule has 0 aliphatic rings. The molecule has 0 bridgehead atoms. The van der Waals surface area contributed by atoms with Gasteiger partial charge in [-0.2, -0.15) is 0 Å². The van der Waals surface area contributed by atoms with E-state index in [9.17, 15) is 4.79 Å². The maximum atomic E-state index is 11.5. The predicted octanol–water partition coefficient (Wildman–Crippen LogP) is 1.37. The molecule has 1 aromatic heterocycles. The van der Waals surface area contributed by atoms with Crippen molar-refractivity contribution in [3.05, 3.63) is 18.7 Å². The third-order valence-electron chi connectivity index (χ3n) is 2.41. The molecule has 1 aromatic rings. The molecule has 0 saturated carbocycles. The van der Waals surface area contributed by atoms with E-state index in [-0.39, 0.29) is 18.1 Å². The van der Waals surface area contributed by atoms with Gasteiger partial charge in [0.25, 0.3) is 0 Å². The first-order valence-electron chi connectivity index (χ1n) is 5.64. The van der Waals surface area contributed by atoms with Gasteiger partial charge in [-0.25, -0.2) is 9.78 Å². The fourth-order valence-corrected chi connectivity index (χ4v) is 1.35. The highest BCUT2D eigenvalue weighted by molar-refractivity contribution is 5.74. The third kappa shape index (κ3) is 4.33. The summed E-state index contributed by atoms with van der Waals surface area (Å²) in [6.07, 6.45) is 6.28. The molecule has 0 aromatic carbocycles. The summed E-state index contributed by atoms with van der Waals surface area (Å²) in [5.41, 5.74) is 0. The Balaban J connectivity index is 2.28. The van der Waals surface area contributed by atoms with Crippen LogP contribution in [0.3, 0.4) is 0 Å². The molecule has 1 heterocycles. The minimum absolute atomic E-state index is 0.0817. The second kappa shape index (κ2) is 6.15. The molecule has 2 amide bonds. The standard InChI is InChI=1S/C11H20N4O/c1-4-9(2)13-11(16)14-10(3)7-15-6-5-12-8-15/h5-6,8-10H,4,7H2,1-3H3,(H2,13,14,16). The zero-order valence-electron chi connectivity index (χ0n) is 10.1. The van der Waals surface area contributed by atoms with Crippen molar-refractivity contribution in [2.45, 2.75) is 45.8 Å². The third-order valence-corrected chi connectivity index (χ3v) is 2.41. The summed E-state index contributed by atoms with van der Waals surface area (Å²) in [6.45, 7) is 6.73. The van der Waals surface area contributed by atoms with Crippen LogP contribution in [0.15, 0.2) is 18.7 Å². The van der Waals surface area contributed by atoms with E-state index in [1.807, 2.05) is 31.5 Å². The lowest BCUT2D eigenvalue weighted by molar-refractivity contribution is 0.233. The molecule has 90 valence electrons. The number of hydrogen-bond donors (Lipinski definition) is 2. The Morgan fingerprint density at radius 3 is 2.62 bits per heavy atom. The molecule has 0 aliphatic carbocycles. The van der Waals surface area contributed by atoms with Gasteiger partial charge in [0.15, 0.2) is 0 Å². The highest BCUT2D eigenvalue weighted by Crippen LogP contribution is 1.92. The summed E-state index contributed by atoms with van der Waals surface area (Å²) in [4.78, 5) is 15.5. The van der Waals surface area contributed by atoms with E-state index in [2.05, 4.69) is 15.6 Å². The molecular weight excluding hydrogens is 204 g/mol. The largest absolute Gasteiger partial charge is 0.336 e. The number of carbonyl (C=O) groups is 1.